The van der Waals surface area contributed by atoms with Gasteiger partial charge in [0.05, 0.1) is 23.6 Å². The first-order valence-corrected chi connectivity index (χ1v) is 7.55. The number of carbonyl (C=O) groups is 2. The second-order valence-corrected chi connectivity index (χ2v) is 5.48. The summed E-state index contributed by atoms with van der Waals surface area (Å²) in [5.41, 5.74) is 2.41. The minimum absolute atomic E-state index is 0.0543. The van der Waals surface area contributed by atoms with Crippen molar-refractivity contribution in [3.8, 4) is 11.3 Å². The number of benzene rings is 1. The van der Waals surface area contributed by atoms with Crippen LogP contribution in [0.15, 0.2) is 30.5 Å². The van der Waals surface area contributed by atoms with Gasteiger partial charge in [0.15, 0.2) is 0 Å². The number of amides is 2. The average molecular weight is 313 g/mol. The lowest BCUT2D eigenvalue weighted by molar-refractivity contribution is -0.120. The summed E-state index contributed by atoms with van der Waals surface area (Å²) in [6, 6.07) is 7.30. The second-order valence-electron chi connectivity index (χ2n) is 5.48. The van der Waals surface area contributed by atoms with Crippen molar-refractivity contribution in [2.75, 3.05) is 18.4 Å². The third-order valence-corrected chi connectivity index (χ3v) is 3.67. The van der Waals surface area contributed by atoms with E-state index in [0.29, 0.717) is 25.3 Å². The SMILES string of the molecule is CC(=O)NC1CNCCC(=O)Nc2ccccc2-c2cnc1[nH]2. The molecule has 23 heavy (non-hydrogen) atoms. The maximum absolute atomic E-state index is 12.0. The number of nitrogens with one attached hydrogen (secondary N) is 4. The van der Waals surface area contributed by atoms with Gasteiger partial charge in [-0.2, -0.15) is 0 Å². The van der Waals surface area contributed by atoms with E-state index in [9.17, 15) is 9.59 Å². The summed E-state index contributed by atoms with van der Waals surface area (Å²) in [6.07, 6.45) is 2.08. The van der Waals surface area contributed by atoms with E-state index in [2.05, 4.69) is 25.9 Å². The minimum Gasteiger partial charge on any atom is -0.345 e. The van der Waals surface area contributed by atoms with E-state index in [1.165, 1.54) is 6.92 Å². The van der Waals surface area contributed by atoms with Gasteiger partial charge in [0.1, 0.15) is 5.82 Å². The van der Waals surface area contributed by atoms with E-state index in [0.717, 1.165) is 16.9 Å². The molecule has 0 saturated carbocycles. The van der Waals surface area contributed by atoms with Crippen LogP contribution in [-0.2, 0) is 9.59 Å². The lowest BCUT2D eigenvalue weighted by Crippen LogP contribution is -2.36. The number of carbonyl (C=O) groups excluding carboxylic acids is 2. The van der Waals surface area contributed by atoms with Gasteiger partial charge in [0.2, 0.25) is 11.8 Å². The van der Waals surface area contributed by atoms with Crippen molar-refractivity contribution in [3.63, 3.8) is 0 Å². The van der Waals surface area contributed by atoms with Crippen molar-refractivity contribution in [3.05, 3.63) is 36.3 Å². The smallest absolute Gasteiger partial charge is 0.225 e. The monoisotopic (exact) mass is 313 g/mol. The predicted octanol–water partition coefficient (Wildman–Crippen LogP) is 1.19. The van der Waals surface area contributed by atoms with Gasteiger partial charge in [0, 0.05) is 32.0 Å². The highest BCUT2D eigenvalue weighted by atomic mass is 16.2. The van der Waals surface area contributed by atoms with Crippen LogP contribution in [0.1, 0.15) is 25.2 Å². The molecule has 120 valence electrons. The molecule has 4 N–H and O–H groups in total. The number of fused-ring (bicyclic) bond motifs is 4. The van der Waals surface area contributed by atoms with E-state index in [1.54, 1.807) is 6.20 Å². The highest BCUT2D eigenvalue weighted by Gasteiger charge is 2.19. The van der Waals surface area contributed by atoms with E-state index in [-0.39, 0.29) is 17.9 Å². The standard InChI is InChI=1S/C16H19N5O2/c1-10(22)19-14-8-17-7-6-15(23)20-12-5-3-2-4-11(12)13-9-18-16(14)21-13/h2-5,9,14,17H,6-8H2,1H3,(H,18,21)(H,19,22)(H,20,23). The molecule has 1 aromatic heterocycles. The molecule has 2 heterocycles. The summed E-state index contributed by atoms with van der Waals surface area (Å²) in [5, 5.41) is 8.97. The maximum Gasteiger partial charge on any atom is 0.225 e. The van der Waals surface area contributed by atoms with Crippen LogP contribution in [0.4, 0.5) is 5.69 Å². The largest absolute Gasteiger partial charge is 0.345 e. The maximum atomic E-state index is 12.0. The summed E-state index contributed by atoms with van der Waals surface area (Å²) in [6.45, 7) is 2.50. The van der Waals surface area contributed by atoms with Crippen LogP contribution in [0, 0.1) is 0 Å². The van der Waals surface area contributed by atoms with Gasteiger partial charge in [-0.05, 0) is 6.07 Å². The Morgan fingerprint density at radius 1 is 1.35 bits per heavy atom. The van der Waals surface area contributed by atoms with E-state index in [1.807, 2.05) is 24.3 Å². The predicted molar refractivity (Wildman–Crippen MR) is 86.7 cm³/mol. The number of para-hydroxylation sites is 1. The van der Waals surface area contributed by atoms with Gasteiger partial charge in [-0.1, -0.05) is 18.2 Å². The summed E-state index contributed by atoms with van der Waals surface area (Å²) in [4.78, 5) is 31.1. The molecule has 7 heteroatoms. The molecule has 7 nitrogen and oxygen atoms in total. The van der Waals surface area contributed by atoms with Crippen molar-refractivity contribution in [2.45, 2.75) is 19.4 Å². The Kier molecular flexibility index (Phi) is 4.38. The summed E-state index contributed by atoms with van der Waals surface area (Å²) < 4.78 is 0. The number of H-pyrrole nitrogens is 1. The number of nitrogens with zero attached hydrogens (tertiary/aromatic N) is 1. The molecular weight excluding hydrogens is 294 g/mol. The zero-order valence-corrected chi connectivity index (χ0v) is 12.8. The number of hydrogen-bond donors (Lipinski definition) is 4. The molecule has 0 radical (unpaired) electrons. The molecule has 0 aliphatic carbocycles. The first kappa shape index (κ1) is 15.2. The third kappa shape index (κ3) is 3.57. The van der Waals surface area contributed by atoms with Gasteiger partial charge in [-0.3, -0.25) is 9.59 Å². The van der Waals surface area contributed by atoms with Gasteiger partial charge < -0.3 is 20.9 Å². The van der Waals surface area contributed by atoms with Crippen LogP contribution < -0.4 is 16.0 Å². The number of rotatable bonds is 1. The summed E-state index contributed by atoms with van der Waals surface area (Å²) >= 11 is 0. The fourth-order valence-electron chi connectivity index (χ4n) is 2.60. The lowest BCUT2D eigenvalue weighted by Gasteiger charge is -2.17. The zero-order valence-electron chi connectivity index (χ0n) is 12.8. The second kappa shape index (κ2) is 6.62. The molecular formula is C16H19N5O2. The van der Waals surface area contributed by atoms with Crippen molar-refractivity contribution in [2.24, 2.45) is 0 Å². The molecule has 2 bridgehead atoms. The van der Waals surface area contributed by atoms with E-state index >= 15 is 0 Å². The Balaban J connectivity index is 2.00. The fourth-order valence-corrected chi connectivity index (χ4v) is 2.60. The Labute approximate surface area is 133 Å². The van der Waals surface area contributed by atoms with Crippen molar-refractivity contribution in [1.29, 1.82) is 0 Å². The molecule has 2 aromatic rings. The van der Waals surface area contributed by atoms with Gasteiger partial charge in [0.25, 0.3) is 0 Å². The molecule has 0 fully saturated rings. The lowest BCUT2D eigenvalue weighted by atomic mass is 10.1. The van der Waals surface area contributed by atoms with Crippen LogP contribution in [-0.4, -0.2) is 34.9 Å². The molecule has 3 rings (SSSR count). The molecule has 2 amide bonds. The zero-order chi connectivity index (χ0) is 16.2. The topological polar surface area (TPSA) is 98.9 Å². The van der Waals surface area contributed by atoms with Crippen LogP contribution in [0.3, 0.4) is 0 Å². The van der Waals surface area contributed by atoms with E-state index in [4.69, 9.17) is 0 Å². The first-order valence-electron chi connectivity index (χ1n) is 7.55. The Morgan fingerprint density at radius 2 is 2.17 bits per heavy atom. The summed E-state index contributed by atoms with van der Waals surface area (Å²) in [5.74, 6) is 0.505. The van der Waals surface area contributed by atoms with Gasteiger partial charge in [-0.25, -0.2) is 4.98 Å². The van der Waals surface area contributed by atoms with Crippen molar-refractivity contribution in [1.82, 2.24) is 20.6 Å². The Hall–Kier alpha value is -2.67. The average Bonchev–Trinajstić information content (AvgIpc) is 2.99. The first-order chi connectivity index (χ1) is 11.1. The number of anilines is 1. The number of aromatic amines is 1. The normalized spacial score (nSPS) is 18.1. The minimum atomic E-state index is -0.268. The Morgan fingerprint density at radius 3 is 3.00 bits per heavy atom. The van der Waals surface area contributed by atoms with Crippen LogP contribution in [0.5, 0.6) is 0 Å². The highest BCUT2D eigenvalue weighted by Crippen LogP contribution is 2.27. The number of imidazole rings is 1. The quantitative estimate of drug-likeness (QED) is 0.635. The molecule has 0 saturated heterocycles. The number of aromatic nitrogens is 2. The van der Waals surface area contributed by atoms with Crippen LogP contribution >= 0.6 is 0 Å². The third-order valence-electron chi connectivity index (χ3n) is 3.67. The molecule has 1 aliphatic rings. The molecule has 0 spiro atoms. The van der Waals surface area contributed by atoms with Gasteiger partial charge >= 0.3 is 0 Å². The molecule has 1 aromatic carbocycles. The van der Waals surface area contributed by atoms with Crippen molar-refractivity contribution < 1.29 is 9.59 Å². The summed E-state index contributed by atoms with van der Waals surface area (Å²) in [7, 11) is 0. The van der Waals surface area contributed by atoms with E-state index < -0.39 is 0 Å². The van der Waals surface area contributed by atoms with Crippen LogP contribution in [0.2, 0.25) is 0 Å². The Bertz CT molecular complexity index is 725. The molecule has 1 atom stereocenters. The fraction of sp³-hybridized carbons (Fsp3) is 0.312. The molecule has 1 unspecified atom stereocenters. The van der Waals surface area contributed by atoms with Crippen molar-refractivity contribution >= 4 is 17.5 Å². The van der Waals surface area contributed by atoms with Crippen LogP contribution in [0.25, 0.3) is 11.3 Å². The number of hydrogen-bond acceptors (Lipinski definition) is 4. The van der Waals surface area contributed by atoms with Gasteiger partial charge in [-0.15, -0.1) is 0 Å². The highest BCUT2D eigenvalue weighted by molar-refractivity contribution is 5.95. The molecule has 1 aliphatic heterocycles.